The number of nitrogens with one attached hydrogen (secondary N) is 1. The summed E-state index contributed by atoms with van der Waals surface area (Å²) in [5.74, 6) is 4.80. The van der Waals surface area contributed by atoms with Gasteiger partial charge in [0.25, 0.3) is 5.91 Å². The van der Waals surface area contributed by atoms with Crippen molar-refractivity contribution in [2.45, 2.75) is 52.6 Å². The second-order valence-corrected chi connectivity index (χ2v) is 11.9. The molecule has 0 radical (unpaired) electrons. The molecule has 0 unspecified atom stereocenters. The number of carbonyl (C=O) groups excluding carboxylic acids is 1. The molecule has 4 N–H and O–H groups in total. The van der Waals surface area contributed by atoms with Crippen LogP contribution in [0.15, 0.2) is 61.2 Å². The molecule has 0 saturated carbocycles. The van der Waals surface area contributed by atoms with Crippen molar-refractivity contribution in [3.05, 3.63) is 83.5 Å². The van der Waals surface area contributed by atoms with Crippen LogP contribution in [0.1, 0.15) is 47.9 Å². The molecule has 2 aliphatic heterocycles. The summed E-state index contributed by atoms with van der Waals surface area (Å²) in [4.78, 5) is 30.4. The fraction of sp³-hybridized carbons (Fsp3) is 0.353. The molecule has 0 bridgehead atoms. The van der Waals surface area contributed by atoms with E-state index in [-0.39, 0.29) is 17.3 Å². The molecule has 1 amide bonds. The number of hydrogen-bond acceptors (Lipinski definition) is 9. The summed E-state index contributed by atoms with van der Waals surface area (Å²) in [6.07, 6.45) is 8.27. The summed E-state index contributed by atoms with van der Waals surface area (Å²) in [6, 6.07) is 9.73. The second kappa shape index (κ2) is 17.5. The number of carbonyl (C=O) groups is 2. The number of nitrogens with zero attached hydrogens (tertiary/aromatic N) is 8. The Labute approximate surface area is 287 Å². The first-order chi connectivity index (χ1) is 23.7. The molecule has 13 nitrogen and oxygen atoms in total. The van der Waals surface area contributed by atoms with Gasteiger partial charge in [-0.3, -0.25) is 16.1 Å². The monoisotopic (exact) mass is 694 g/mol. The Morgan fingerprint density at radius 3 is 1.72 bits per heavy atom. The molecule has 2 aromatic carbocycles. The first-order valence-corrected chi connectivity index (χ1v) is 16.0. The molecule has 0 spiro atoms. The lowest BCUT2D eigenvalue weighted by Gasteiger charge is -2.14. The zero-order valence-corrected chi connectivity index (χ0v) is 28.1. The van der Waals surface area contributed by atoms with Gasteiger partial charge < -0.3 is 5.11 Å². The number of hydrazine groups is 2. The number of carboxylic acids is 1. The smallest absolute Gasteiger partial charge is 0.416 e. The topological polar surface area (TPSA) is 160 Å². The third kappa shape index (κ3) is 12.0. The molecule has 266 valence electrons. The highest BCUT2D eigenvalue weighted by molar-refractivity contribution is 5.89. The predicted octanol–water partition coefficient (Wildman–Crippen LogP) is 4.94. The third-order valence-electron chi connectivity index (χ3n) is 7.42. The van der Waals surface area contributed by atoms with Gasteiger partial charge in [-0.1, -0.05) is 17.2 Å². The number of rotatable bonds is 7. The van der Waals surface area contributed by atoms with Crippen LogP contribution < -0.4 is 11.3 Å². The van der Waals surface area contributed by atoms with E-state index in [1.165, 1.54) is 42.4 Å². The van der Waals surface area contributed by atoms with Gasteiger partial charge in [0, 0.05) is 61.9 Å². The minimum Gasteiger partial charge on any atom is -0.478 e. The fourth-order valence-electron chi connectivity index (χ4n) is 5.19. The summed E-state index contributed by atoms with van der Waals surface area (Å²) >= 11 is 0. The Morgan fingerprint density at radius 1 is 0.760 bits per heavy atom. The Kier molecular flexibility index (Phi) is 13.1. The highest BCUT2D eigenvalue weighted by Crippen LogP contribution is 2.32. The van der Waals surface area contributed by atoms with E-state index >= 15 is 0 Å². The van der Waals surface area contributed by atoms with E-state index in [0.29, 0.717) is 11.4 Å². The molecule has 0 aliphatic carbocycles. The number of benzene rings is 2. The minimum atomic E-state index is -4.45. The van der Waals surface area contributed by atoms with Gasteiger partial charge in [0.15, 0.2) is 11.6 Å². The van der Waals surface area contributed by atoms with E-state index in [4.69, 9.17) is 10.9 Å². The van der Waals surface area contributed by atoms with Gasteiger partial charge in [0.1, 0.15) is 12.7 Å². The largest absolute Gasteiger partial charge is 0.478 e. The normalized spacial score (nSPS) is 15.2. The number of halogens is 3. The molecule has 6 rings (SSSR count). The number of amides is 1. The number of aryl methyl sites for hydroxylation is 3. The van der Waals surface area contributed by atoms with Crippen LogP contribution in [0.4, 0.5) is 13.2 Å². The van der Waals surface area contributed by atoms with Crippen LogP contribution in [0, 0.1) is 20.8 Å². The van der Waals surface area contributed by atoms with Gasteiger partial charge >= 0.3 is 12.1 Å². The first-order valence-electron chi connectivity index (χ1n) is 16.0. The quantitative estimate of drug-likeness (QED) is 0.179. The van der Waals surface area contributed by atoms with E-state index in [2.05, 4.69) is 57.6 Å². The molecule has 50 heavy (non-hydrogen) atoms. The van der Waals surface area contributed by atoms with E-state index in [0.717, 1.165) is 73.7 Å². The number of aromatic nitrogens is 6. The summed E-state index contributed by atoms with van der Waals surface area (Å²) in [6.45, 7) is 9.67. The minimum absolute atomic E-state index is 0.0826. The van der Waals surface area contributed by atoms with Crippen molar-refractivity contribution in [3.8, 4) is 22.8 Å². The average molecular weight is 695 g/mol. The summed E-state index contributed by atoms with van der Waals surface area (Å²) in [5.41, 5.74) is 6.04. The van der Waals surface area contributed by atoms with E-state index < -0.39 is 17.7 Å². The predicted molar refractivity (Wildman–Crippen MR) is 182 cm³/mol. The fourth-order valence-corrected chi connectivity index (χ4v) is 5.19. The standard InChI is InChI=1S/C17H21N5O.C13H10F3N3O2.C4H10N2/c1-13-9-14(2)11-15(10-13)17-18-12-22(20-17)8-5-16(23)19-21-6-3-4-7-21;1-8-4-9(6-10(5-8)13(14,15)16)12-17-7-19(18-12)3-2-11(20)21;5-6-3-1-2-4-6/h5,8-12H,3-4,6-7H2,1-2H3,(H,19,23);2-7H,1H3,(H,20,21);1-5H2/b8-5-;3-2-;. The maximum Gasteiger partial charge on any atom is 0.416 e. The van der Waals surface area contributed by atoms with Crippen LogP contribution >= 0.6 is 0 Å². The Balaban J connectivity index is 0.000000193. The lowest BCUT2D eigenvalue weighted by atomic mass is 10.1. The molecule has 2 aliphatic rings. The van der Waals surface area contributed by atoms with Crippen molar-refractivity contribution < 1.29 is 27.9 Å². The van der Waals surface area contributed by atoms with Crippen molar-refractivity contribution in [1.82, 2.24) is 45.0 Å². The van der Waals surface area contributed by atoms with Crippen LogP contribution in [-0.2, 0) is 15.8 Å². The van der Waals surface area contributed by atoms with Crippen LogP contribution in [0.2, 0.25) is 0 Å². The lowest BCUT2D eigenvalue weighted by Crippen LogP contribution is -2.39. The van der Waals surface area contributed by atoms with Crippen LogP contribution in [0.25, 0.3) is 35.2 Å². The van der Waals surface area contributed by atoms with Gasteiger partial charge in [0.2, 0.25) is 0 Å². The van der Waals surface area contributed by atoms with Crippen LogP contribution in [-0.4, -0.2) is 82.7 Å². The van der Waals surface area contributed by atoms with Gasteiger partial charge in [-0.05, 0) is 82.3 Å². The zero-order valence-electron chi connectivity index (χ0n) is 28.1. The summed E-state index contributed by atoms with van der Waals surface area (Å²) < 4.78 is 40.9. The summed E-state index contributed by atoms with van der Waals surface area (Å²) in [7, 11) is 0. The van der Waals surface area contributed by atoms with E-state index in [1.54, 1.807) is 24.1 Å². The van der Waals surface area contributed by atoms with Gasteiger partial charge in [-0.15, -0.1) is 10.2 Å². The molecule has 2 saturated heterocycles. The molecule has 0 atom stereocenters. The number of alkyl halides is 3. The molecule has 4 aromatic rings. The molecule has 2 aromatic heterocycles. The number of aliphatic carboxylic acids is 1. The zero-order chi connectivity index (χ0) is 36.3. The number of carboxylic acid groups (broad SMARTS) is 1. The highest BCUT2D eigenvalue weighted by atomic mass is 19.4. The van der Waals surface area contributed by atoms with Crippen LogP contribution in [0.5, 0.6) is 0 Å². The first kappa shape index (κ1) is 37.6. The average Bonchev–Trinajstić information content (AvgIpc) is 3.88. The highest BCUT2D eigenvalue weighted by Gasteiger charge is 2.31. The maximum absolute atomic E-state index is 12.8. The molecule has 16 heteroatoms. The Bertz CT molecular complexity index is 1780. The third-order valence-corrected chi connectivity index (χ3v) is 7.42. The van der Waals surface area contributed by atoms with Gasteiger partial charge in [0.05, 0.1) is 5.56 Å². The SMILES string of the molecule is Cc1cc(-c2ncn(/C=C\C(=O)O)n2)cc(C(F)(F)F)c1.Cc1cc(C)cc(-c2ncn(/C=C\C(=O)NN3CCCC3)n2)c1.NN1CCCC1. The lowest BCUT2D eigenvalue weighted by molar-refractivity contribution is -0.137. The molecule has 2 fully saturated rings. The van der Waals surface area contributed by atoms with Gasteiger partial charge in [-0.25, -0.2) is 34.1 Å². The second-order valence-electron chi connectivity index (χ2n) is 11.9. The van der Waals surface area contributed by atoms with E-state index in [1.807, 2.05) is 10.0 Å². The van der Waals surface area contributed by atoms with Crippen molar-refractivity contribution in [2.24, 2.45) is 5.84 Å². The van der Waals surface area contributed by atoms with Crippen molar-refractivity contribution >= 4 is 24.3 Å². The Hall–Kier alpha value is -5.19. The molecular weight excluding hydrogens is 653 g/mol. The maximum atomic E-state index is 12.8. The van der Waals surface area contributed by atoms with Crippen molar-refractivity contribution in [3.63, 3.8) is 0 Å². The number of nitrogens with two attached hydrogens (primary N) is 1. The Morgan fingerprint density at radius 2 is 1.24 bits per heavy atom. The van der Waals surface area contributed by atoms with Crippen molar-refractivity contribution in [2.75, 3.05) is 26.2 Å². The summed E-state index contributed by atoms with van der Waals surface area (Å²) in [5, 5.41) is 20.6. The van der Waals surface area contributed by atoms with E-state index in [9.17, 15) is 22.8 Å². The van der Waals surface area contributed by atoms with Crippen molar-refractivity contribution in [1.29, 1.82) is 0 Å². The van der Waals surface area contributed by atoms with Crippen LogP contribution in [0.3, 0.4) is 0 Å². The van der Waals surface area contributed by atoms with Gasteiger partial charge in [-0.2, -0.15) is 13.2 Å². The molecule has 4 heterocycles. The molecular formula is C34H41F3N10O3. The number of hydrogen-bond donors (Lipinski definition) is 3.